The van der Waals surface area contributed by atoms with Crippen LogP contribution in [0.25, 0.3) is 0 Å². The second kappa shape index (κ2) is 7.17. The summed E-state index contributed by atoms with van der Waals surface area (Å²) in [5.41, 5.74) is 1.85. The maximum absolute atomic E-state index is 6.11. The number of ether oxygens (including phenoxy) is 3. The van der Waals surface area contributed by atoms with E-state index in [0.717, 1.165) is 43.7 Å². The molecule has 1 atom stereocenters. The van der Waals surface area contributed by atoms with E-state index in [0.29, 0.717) is 18.4 Å². The van der Waals surface area contributed by atoms with Gasteiger partial charge in [0.25, 0.3) is 0 Å². The van der Waals surface area contributed by atoms with E-state index < -0.39 is 0 Å². The fourth-order valence-electron chi connectivity index (χ4n) is 3.82. The topological polar surface area (TPSA) is 69.6 Å². The van der Waals surface area contributed by atoms with Gasteiger partial charge in [-0.25, -0.2) is 9.97 Å². The number of aromatic nitrogens is 3. The Kier molecular flexibility index (Phi) is 4.74. The summed E-state index contributed by atoms with van der Waals surface area (Å²) in [7, 11) is 1.66. The molecule has 0 saturated carbocycles. The van der Waals surface area contributed by atoms with Gasteiger partial charge in [0.2, 0.25) is 11.8 Å². The molecule has 4 heterocycles. The maximum atomic E-state index is 6.11. The van der Waals surface area contributed by atoms with Crippen LogP contribution in [0.3, 0.4) is 0 Å². The van der Waals surface area contributed by atoms with Crippen molar-refractivity contribution in [3.05, 3.63) is 42.0 Å². The van der Waals surface area contributed by atoms with Crippen LogP contribution in [0.2, 0.25) is 0 Å². The van der Waals surface area contributed by atoms with Gasteiger partial charge < -0.3 is 14.2 Å². The summed E-state index contributed by atoms with van der Waals surface area (Å²) in [5.74, 6) is 1.29. The molecule has 0 aromatic carbocycles. The third-order valence-corrected chi connectivity index (χ3v) is 4.93. The molecule has 2 saturated heterocycles. The van der Waals surface area contributed by atoms with Crippen LogP contribution >= 0.6 is 0 Å². The lowest BCUT2D eigenvalue weighted by Gasteiger charge is -2.53. The van der Waals surface area contributed by atoms with E-state index in [9.17, 15) is 0 Å². The minimum atomic E-state index is -0.115. The molecule has 2 fully saturated rings. The lowest BCUT2D eigenvalue weighted by Crippen LogP contribution is -2.65. The molecule has 138 valence electrons. The third kappa shape index (κ3) is 3.64. The highest BCUT2D eigenvalue weighted by atomic mass is 16.5. The normalized spacial score (nSPS) is 22.0. The van der Waals surface area contributed by atoms with Crippen LogP contribution in [0.4, 0.5) is 0 Å². The van der Waals surface area contributed by atoms with Crippen LogP contribution in [0, 0.1) is 6.92 Å². The Morgan fingerprint density at radius 1 is 1.35 bits per heavy atom. The zero-order chi connectivity index (χ0) is 18.0. The number of hydrogen-bond donors (Lipinski definition) is 0. The second-order valence-electron chi connectivity index (χ2n) is 7.08. The smallest absolute Gasteiger partial charge is 0.232 e. The first-order valence-corrected chi connectivity index (χ1v) is 8.95. The molecule has 2 aliphatic rings. The molecule has 1 unspecified atom stereocenters. The summed E-state index contributed by atoms with van der Waals surface area (Å²) < 4.78 is 17.5. The van der Waals surface area contributed by atoms with Gasteiger partial charge in [0.15, 0.2) is 0 Å². The summed E-state index contributed by atoms with van der Waals surface area (Å²) >= 11 is 0. The van der Waals surface area contributed by atoms with Crippen molar-refractivity contribution in [3.8, 4) is 11.8 Å². The quantitative estimate of drug-likeness (QED) is 0.811. The van der Waals surface area contributed by atoms with Gasteiger partial charge in [0.05, 0.1) is 31.2 Å². The van der Waals surface area contributed by atoms with Gasteiger partial charge in [-0.3, -0.25) is 9.88 Å². The van der Waals surface area contributed by atoms with Crippen LogP contribution in [0.1, 0.15) is 24.1 Å². The van der Waals surface area contributed by atoms with Crippen molar-refractivity contribution in [1.82, 2.24) is 19.9 Å². The number of likely N-dealkylation sites (tertiary alicyclic amines) is 1. The molecular formula is C19H24N4O3. The van der Waals surface area contributed by atoms with E-state index in [2.05, 4.69) is 25.9 Å². The Balaban J connectivity index is 1.34. The average molecular weight is 356 g/mol. The maximum Gasteiger partial charge on any atom is 0.232 e. The molecular weight excluding hydrogens is 332 g/mol. The van der Waals surface area contributed by atoms with Gasteiger partial charge in [0.1, 0.15) is 6.10 Å². The lowest BCUT2D eigenvalue weighted by molar-refractivity contribution is -0.188. The lowest BCUT2D eigenvalue weighted by atomic mass is 9.84. The van der Waals surface area contributed by atoms with Crippen molar-refractivity contribution in [2.75, 3.05) is 26.8 Å². The highest BCUT2D eigenvalue weighted by Gasteiger charge is 2.48. The monoisotopic (exact) mass is 356 g/mol. The summed E-state index contributed by atoms with van der Waals surface area (Å²) in [6.07, 6.45) is 7.04. The molecule has 7 heteroatoms. The molecule has 0 bridgehead atoms. The molecule has 1 spiro atoms. The molecule has 0 aliphatic carbocycles. The van der Waals surface area contributed by atoms with Crippen molar-refractivity contribution in [3.63, 3.8) is 0 Å². The number of aryl methyl sites for hydroxylation is 1. The van der Waals surface area contributed by atoms with E-state index in [4.69, 9.17) is 14.2 Å². The molecule has 2 aromatic rings. The number of pyridine rings is 1. The molecule has 0 amide bonds. The highest BCUT2D eigenvalue weighted by Crippen LogP contribution is 2.36. The largest absolute Gasteiger partial charge is 0.481 e. The molecule has 4 rings (SSSR count). The van der Waals surface area contributed by atoms with Crippen LogP contribution in [-0.2, 0) is 11.3 Å². The molecule has 2 aliphatic heterocycles. The van der Waals surface area contributed by atoms with E-state index in [1.54, 1.807) is 25.7 Å². The average Bonchev–Trinajstić information content (AvgIpc) is 2.61. The first-order chi connectivity index (χ1) is 12.7. The van der Waals surface area contributed by atoms with Gasteiger partial charge in [-0.15, -0.1) is 0 Å². The van der Waals surface area contributed by atoms with Gasteiger partial charge in [-0.1, -0.05) is 6.07 Å². The minimum absolute atomic E-state index is 0.115. The molecule has 0 N–H and O–H groups in total. The van der Waals surface area contributed by atoms with Crippen molar-refractivity contribution >= 4 is 0 Å². The van der Waals surface area contributed by atoms with Gasteiger partial charge in [0, 0.05) is 50.4 Å². The molecule has 7 nitrogen and oxygen atoms in total. The fraction of sp³-hybridized carbons (Fsp3) is 0.526. The van der Waals surface area contributed by atoms with Gasteiger partial charge in [-0.05, 0) is 13.0 Å². The number of rotatable bonds is 5. The number of hydrogen-bond acceptors (Lipinski definition) is 7. The fourth-order valence-corrected chi connectivity index (χ4v) is 3.82. The molecule has 26 heavy (non-hydrogen) atoms. The van der Waals surface area contributed by atoms with Crippen LogP contribution < -0.4 is 9.47 Å². The van der Waals surface area contributed by atoms with Crippen molar-refractivity contribution in [1.29, 1.82) is 0 Å². The van der Waals surface area contributed by atoms with Crippen molar-refractivity contribution in [2.45, 2.75) is 38.0 Å². The van der Waals surface area contributed by atoms with E-state index >= 15 is 0 Å². The van der Waals surface area contributed by atoms with E-state index in [1.807, 2.05) is 13.0 Å². The zero-order valence-corrected chi connectivity index (χ0v) is 15.2. The Labute approximate surface area is 153 Å². The summed E-state index contributed by atoms with van der Waals surface area (Å²) in [5, 5.41) is 0. The van der Waals surface area contributed by atoms with Gasteiger partial charge in [-0.2, -0.15) is 0 Å². The Morgan fingerprint density at radius 2 is 2.23 bits per heavy atom. The first kappa shape index (κ1) is 17.2. The van der Waals surface area contributed by atoms with Crippen LogP contribution in [0.15, 0.2) is 30.7 Å². The number of nitrogens with zero attached hydrogens (tertiary/aromatic N) is 4. The minimum Gasteiger partial charge on any atom is -0.481 e. The standard InChI is InChI=1S/C19H24N4O3/c1-14-9-20-10-17(22-14)26-16-5-7-25-19(8-16)12-23(13-19)11-15-4-3-6-21-18(15)24-2/h3-4,6,9-10,16H,5,7-8,11-13H2,1-2H3. The highest BCUT2D eigenvalue weighted by molar-refractivity contribution is 5.26. The van der Waals surface area contributed by atoms with Crippen LogP contribution in [-0.4, -0.2) is 58.4 Å². The van der Waals surface area contributed by atoms with Crippen molar-refractivity contribution in [2.24, 2.45) is 0 Å². The molecule has 0 radical (unpaired) electrons. The Morgan fingerprint density at radius 3 is 3.04 bits per heavy atom. The SMILES string of the molecule is COc1ncccc1CN1CC2(CC(Oc3cncc(C)n3)CCO2)C1. The molecule has 2 aromatic heterocycles. The second-order valence-corrected chi connectivity index (χ2v) is 7.08. The van der Waals surface area contributed by atoms with E-state index in [-0.39, 0.29) is 11.7 Å². The van der Waals surface area contributed by atoms with Gasteiger partial charge >= 0.3 is 0 Å². The number of methoxy groups -OCH3 is 1. The first-order valence-electron chi connectivity index (χ1n) is 8.95. The summed E-state index contributed by atoms with van der Waals surface area (Å²) in [6, 6.07) is 4.00. The predicted octanol–water partition coefficient (Wildman–Crippen LogP) is 2.00. The third-order valence-electron chi connectivity index (χ3n) is 4.93. The Hall–Kier alpha value is -2.25. The summed E-state index contributed by atoms with van der Waals surface area (Å²) in [4.78, 5) is 15.2. The van der Waals surface area contributed by atoms with E-state index in [1.165, 1.54) is 0 Å². The van der Waals surface area contributed by atoms with Crippen LogP contribution in [0.5, 0.6) is 11.8 Å². The predicted molar refractivity (Wildman–Crippen MR) is 95.2 cm³/mol. The van der Waals surface area contributed by atoms with Crippen molar-refractivity contribution < 1.29 is 14.2 Å². The summed E-state index contributed by atoms with van der Waals surface area (Å²) in [6.45, 7) is 5.24. The zero-order valence-electron chi connectivity index (χ0n) is 15.2. The Bertz CT molecular complexity index is 764.